The second-order valence-electron chi connectivity index (χ2n) is 7.14. The van der Waals surface area contributed by atoms with Crippen LogP contribution in [0.2, 0.25) is 18.1 Å². The summed E-state index contributed by atoms with van der Waals surface area (Å²) in [5.74, 6) is 1.76. The molecule has 0 spiro atoms. The first-order valence-corrected chi connectivity index (χ1v) is 10.3. The van der Waals surface area contributed by atoms with Crippen LogP contribution in [-0.2, 0) is 10.8 Å². The minimum Gasteiger partial charge on any atom is -0.469 e. The van der Waals surface area contributed by atoms with Crippen LogP contribution >= 0.6 is 0 Å². The highest BCUT2D eigenvalue weighted by Gasteiger charge is 2.36. The summed E-state index contributed by atoms with van der Waals surface area (Å²) in [6, 6.07) is 4.02. The van der Waals surface area contributed by atoms with Crippen LogP contribution < -0.4 is 0 Å². The average molecular weight is 282 g/mol. The van der Waals surface area contributed by atoms with E-state index in [0.29, 0.717) is 11.0 Å². The van der Waals surface area contributed by atoms with Gasteiger partial charge in [0, 0.05) is 13.0 Å². The Kier molecular flexibility index (Phi) is 5.87. The maximum atomic E-state index is 6.19. The van der Waals surface area contributed by atoms with E-state index in [-0.39, 0.29) is 0 Å². The number of furan rings is 1. The molecule has 3 heteroatoms. The molecule has 0 saturated heterocycles. The van der Waals surface area contributed by atoms with E-state index in [1.807, 2.05) is 6.07 Å². The lowest BCUT2D eigenvalue weighted by molar-refractivity contribution is 0.268. The third kappa shape index (κ3) is 5.53. The van der Waals surface area contributed by atoms with Crippen LogP contribution in [0.5, 0.6) is 0 Å². The van der Waals surface area contributed by atoms with Crippen LogP contribution in [-0.4, -0.2) is 14.9 Å². The fraction of sp³-hybridized carbons (Fsp3) is 0.750. The third-order valence-electron chi connectivity index (χ3n) is 4.24. The summed E-state index contributed by atoms with van der Waals surface area (Å²) in [7, 11) is -1.56. The lowest BCUT2D eigenvalue weighted by Crippen LogP contribution is -2.41. The molecule has 110 valence electrons. The zero-order chi connectivity index (χ0) is 14.5. The lowest BCUT2D eigenvalue weighted by atomic mass is 10.0. The van der Waals surface area contributed by atoms with Crippen molar-refractivity contribution in [2.24, 2.45) is 5.92 Å². The Labute approximate surface area is 119 Å². The average Bonchev–Trinajstić information content (AvgIpc) is 2.75. The van der Waals surface area contributed by atoms with Gasteiger partial charge in [0.15, 0.2) is 8.32 Å². The Hall–Kier alpha value is -0.543. The van der Waals surface area contributed by atoms with Gasteiger partial charge in [-0.15, -0.1) is 0 Å². The van der Waals surface area contributed by atoms with Gasteiger partial charge in [-0.25, -0.2) is 0 Å². The molecule has 0 saturated carbocycles. The van der Waals surface area contributed by atoms with Gasteiger partial charge in [-0.2, -0.15) is 0 Å². The number of hydrogen-bond donors (Lipinski definition) is 0. The fourth-order valence-electron chi connectivity index (χ4n) is 1.85. The van der Waals surface area contributed by atoms with Crippen molar-refractivity contribution in [1.29, 1.82) is 0 Å². The molecule has 1 unspecified atom stereocenters. The molecule has 0 aromatic carbocycles. The van der Waals surface area contributed by atoms with Crippen molar-refractivity contribution >= 4 is 8.32 Å². The zero-order valence-corrected chi connectivity index (χ0v) is 14.5. The van der Waals surface area contributed by atoms with Crippen molar-refractivity contribution in [3.8, 4) is 0 Å². The molecule has 0 fully saturated rings. The molecule has 1 aromatic heterocycles. The molecular formula is C16H30O2Si. The van der Waals surface area contributed by atoms with E-state index in [0.717, 1.165) is 25.2 Å². The van der Waals surface area contributed by atoms with Crippen molar-refractivity contribution < 1.29 is 8.84 Å². The molecule has 1 aromatic rings. The van der Waals surface area contributed by atoms with Crippen molar-refractivity contribution in [2.45, 2.75) is 65.1 Å². The molecule has 0 N–H and O–H groups in total. The summed E-state index contributed by atoms with van der Waals surface area (Å²) in [5, 5.41) is 0.312. The Balaban J connectivity index is 2.20. The molecule has 1 atom stereocenters. The van der Waals surface area contributed by atoms with E-state index in [1.54, 1.807) is 6.26 Å². The first kappa shape index (κ1) is 16.5. The molecule has 1 heterocycles. The molecule has 0 aliphatic carbocycles. The first-order valence-electron chi connectivity index (χ1n) is 7.39. The standard InChI is InChI=1S/C16H30O2Si/c1-14(13-15-10-8-11-17-15)9-7-12-18-19(5,6)16(2,3)4/h8,10-11,14H,7,9,12-13H2,1-6H3. The van der Waals surface area contributed by atoms with Gasteiger partial charge in [-0.05, 0) is 49.0 Å². The van der Waals surface area contributed by atoms with Gasteiger partial charge in [0.05, 0.1) is 6.26 Å². The predicted octanol–water partition coefficient (Wildman–Crippen LogP) is 5.26. The normalized spacial score (nSPS) is 14.6. The SMILES string of the molecule is CC(CCCO[Si](C)(C)C(C)(C)C)Cc1ccco1. The van der Waals surface area contributed by atoms with Crippen LogP contribution in [0.25, 0.3) is 0 Å². The molecule has 19 heavy (non-hydrogen) atoms. The minimum absolute atomic E-state index is 0.312. The van der Waals surface area contributed by atoms with E-state index in [2.05, 4.69) is 46.9 Å². The van der Waals surface area contributed by atoms with Crippen molar-refractivity contribution in [3.63, 3.8) is 0 Å². The smallest absolute Gasteiger partial charge is 0.191 e. The summed E-state index contributed by atoms with van der Waals surface area (Å²) in [5.41, 5.74) is 0. The molecule has 0 radical (unpaired) electrons. The van der Waals surface area contributed by atoms with E-state index in [4.69, 9.17) is 8.84 Å². The Bertz CT molecular complexity index is 349. The lowest BCUT2D eigenvalue weighted by Gasteiger charge is -2.36. The first-order chi connectivity index (χ1) is 8.72. The molecule has 0 amide bonds. The number of rotatable bonds is 7. The van der Waals surface area contributed by atoms with Crippen LogP contribution in [0.4, 0.5) is 0 Å². The highest BCUT2D eigenvalue weighted by molar-refractivity contribution is 6.74. The van der Waals surface area contributed by atoms with Gasteiger partial charge in [0.25, 0.3) is 0 Å². The molecule has 2 nitrogen and oxygen atoms in total. The maximum absolute atomic E-state index is 6.19. The Morgan fingerprint density at radius 3 is 2.53 bits per heavy atom. The van der Waals surface area contributed by atoms with Crippen LogP contribution in [0.15, 0.2) is 22.8 Å². The number of hydrogen-bond acceptors (Lipinski definition) is 2. The molecular weight excluding hydrogens is 252 g/mol. The van der Waals surface area contributed by atoms with Crippen molar-refractivity contribution in [2.75, 3.05) is 6.61 Å². The molecule has 1 rings (SSSR count). The summed E-state index contributed by atoms with van der Waals surface area (Å²) < 4.78 is 11.6. The Morgan fingerprint density at radius 2 is 2.00 bits per heavy atom. The maximum Gasteiger partial charge on any atom is 0.191 e. The van der Waals surface area contributed by atoms with E-state index in [1.165, 1.54) is 6.42 Å². The van der Waals surface area contributed by atoms with Gasteiger partial charge in [0.2, 0.25) is 0 Å². The molecule has 0 aliphatic rings. The second-order valence-corrected chi connectivity index (χ2v) is 11.9. The predicted molar refractivity (Wildman–Crippen MR) is 84.0 cm³/mol. The van der Waals surface area contributed by atoms with E-state index in [9.17, 15) is 0 Å². The van der Waals surface area contributed by atoms with Crippen LogP contribution in [0.1, 0.15) is 46.3 Å². The van der Waals surface area contributed by atoms with Crippen molar-refractivity contribution in [1.82, 2.24) is 0 Å². The monoisotopic (exact) mass is 282 g/mol. The van der Waals surface area contributed by atoms with Gasteiger partial charge in [-0.3, -0.25) is 0 Å². The topological polar surface area (TPSA) is 22.4 Å². The van der Waals surface area contributed by atoms with E-state index >= 15 is 0 Å². The fourth-order valence-corrected chi connectivity index (χ4v) is 2.94. The Morgan fingerprint density at radius 1 is 1.32 bits per heavy atom. The van der Waals surface area contributed by atoms with Crippen LogP contribution in [0.3, 0.4) is 0 Å². The van der Waals surface area contributed by atoms with Gasteiger partial charge in [0.1, 0.15) is 5.76 Å². The summed E-state index contributed by atoms with van der Waals surface area (Å²) in [6.45, 7) is 14.7. The van der Waals surface area contributed by atoms with Gasteiger partial charge in [-0.1, -0.05) is 27.7 Å². The molecule has 0 aliphatic heterocycles. The van der Waals surface area contributed by atoms with Crippen molar-refractivity contribution in [3.05, 3.63) is 24.2 Å². The summed E-state index contributed by atoms with van der Waals surface area (Å²) in [6.07, 6.45) is 5.14. The summed E-state index contributed by atoms with van der Waals surface area (Å²) >= 11 is 0. The zero-order valence-electron chi connectivity index (χ0n) is 13.5. The van der Waals surface area contributed by atoms with Crippen LogP contribution in [0, 0.1) is 5.92 Å². The van der Waals surface area contributed by atoms with Gasteiger partial charge < -0.3 is 8.84 Å². The third-order valence-corrected chi connectivity index (χ3v) is 8.78. The minimum atomic E-state index is -1.56. The summed E-state index contributed by atoms with van der Waals surface area (Å²) in [4.78, 5) is 0. The quantitative estimate of drug-likeness (QED) is 0.503. The molecule has 0 bridgehead atoms. The largest absolute Gasteiger partial charge is 0.469 e. The van der Waals surface area contributed by atoms with Gasteiger partial charge >= 0.3 is 0 Å². The highest BCUT2D eigenvalue weighted by Crippen LogP contribution is 2.36. The second kappa shape index (κ2) is 6.75. The van der Waals surface area contributed by atoms with E-state index < -0.39 is 8.32 Å². The highest BCUT2D eigenvalue weighted by atomic mass is 28.4.